The van der Waals surface area contributed by atoms with E-state index in [-0.39, 0.29) is 11.6 Å². The molecule has 3 rings (SSSR count). The maximum atomic E-state index is 12.1. The summed E-state index contributed by atoms with van der Waals surface area (Å²) in [5.74, 6) is 0.0446. The topological polar surface area (TPSA) is 103 Å². The summed E-state index contributed by atoms with van der Waals surface area (Å²) in [7, 11) is 0. The molecule has 1 aromatic rings. The zero-order valence-corrected chi connectivity index (χ0v) is 15.3. The normalized spacial score (nSPS) is 21.1. The summed E-state index contributed by atoms with van der Waals surface area (Å²) < 4.78 is 15.8. The van der Waals surface area contributed by atoms with Crippen LogP contribution in [0.15, 0.2) is 18.2 Å². The van der Waals surface area contributed by atoms with E-state index in [9.17, 15) is 14.4 Å². The molecule has 1 fully saturated rings. The van der Waals surface area contributed by atoms with Crippen LogP contribution in [-0.2, 0) is 9.53 Å². The number of benzene rings is 1. The molecule has 8 heteroatoms. The Kier molecular flexibility index (Phi) is 6.16. The highest BCUT2D eigenvalue weighted by Gasteiger charge is 2.23. The molecule has 0 aromatic heterocycles. The van der Waals surface area contributed by atoms with E-state index in [2.05, 4.69) is 17.6 Å². The molecule has 0 saturated heterocycles. The van der Waals surface area contributed by atoms with Crippen LogP contribution in [0, 0.1) is 5.92 Å². The van der Waals surface area contributed by atoms with Gasteiger partial charge in [0.15, 0.2) is 18.1 Å². The molecule has 1 aromatic carbocycles. The van der Waals surface area contributed by atoms with Crippen LogP contribution < -0.4 is 20.1 Å². The van der Waals surface area contributed by atoms with E-state index in [1.807, 2.05) is 0 Å². The molecule has 0 bridgehead atoms. The number of urea groups is 1. The number of rotatable bonds is 4. The minimum atomic E-state index is -0.679. The fourth-order valence-electron chi connectivity index (χ4n) is 3.28. The highest BCUT2D eigenvalue weighted by molar-refractivity contribution is 5.97. The molecule has 8 nitrogen and oxygen atoms in total. The van der Waals surface area contributed by atoms with Gasteiger partial charge in [-0.15, -0.1) is 0 Å². The molecule has 1 saturated carbocycles. The van der Waals surface area contributed by atoms with Crippen LogP contribution in [-0.4, -0.2) is 43.8 Å². The minimum absolute atomic E-state index is 0.0619. The van der Waals surface area contributed by atoms with Crippen LogP contribution in [0.25, 0.3) is 0 Å². The van der Waals surface area contributed by atoms with Crippen molar-refractivity contribution in [2.75, 3.05) is 19.8 Å². The maximum Gasteiger partial charge on any atom is 0.338 e. The zero-order chi connectivity index (χ0) is 19.2. The lowest BCUT2D eigenvalue weighted by Gasteiger charge is -2.29. The molecule has 2 aliphatic rings. The van der Waals surface area contributed by atoms with Gasteiger partial charge in [0.05, 0.1) is 5.56 Å². The summed E-state index contributed by atoms with van der Waals surface area (Å²) in [6, 6.07) is 4.15. The average Bonchev–Trinajstić information content (AvgIpc) is 2.67. The molecule has 3 amide bonds. The number of amides is 3. The van der Waals surface area contributed by atoms with Crippen molar-refractivity contribution in [2.45, 2.75) is 38.6 Å². The Morgan fingerprint density at radius 1 is 1.11 bits per heavy atom. The van der Waals surface area contributed by atoms with Crippen LogP contribution in [0.2, 0.25) is 0 Å². The van der Waals surface area contributed by atoms with Gasteiger partial charge in [-0.25, -0.2) is 9.59 Å². The van der Waals surface area contributed by atoms with E-state index < -0.39 is 24.5 Å². The van der Waals surface area contributed by atoms with Crippen LogP contribution in [0.3, 0.4) is 0 Å². The van der Waals surface area contributed by atoms with Gasteiger partial charge in [-0.3, -0.25) is 10.1 Å². The summed E-state index contributed by atoms with van der Waals surface area (Å²) in [6.45, 7) is 2.41. The van der Waals surface area contributed by atoms with E-state index in [1.54, 1.807) is 6.07 Å². The van der Waals surface area contributed by atoms with Gasteiger partial charge < -0.3 is 19.5 Å². The summed E-state index contributed by atoms with van der Waals surface area (Å²) in [5, 5.41) is 5.00. The van der Waals surface area contributed by atoms with Crippen LogP contribution in [0.4, 0.5) is 4.79 Å². The van der Waals surface area contributed by atoms with Gasteiger partial charge in [-0.2, -0.15) is 0 Å². The van der Waals surface area contributed by atoms with E-state index in [0.717, 1.165) is 25.7 Å². The number of hydrogen-bond donors (Lipinski definition) is 2. The number of nitrogens with one attached hydrogen (secondary N) is 2. The number of imide groups is 1. The lowest BCUT2D eigenvalue weighted by atomic mass is 9.86. The molecule has 0 unspecified atom stereocenters. The Morgan fingerprint density at radius 3 is 2.63 bits per heavy atom. The standard InChI is InChI=1S/C19H24N2O6/c1-12-4-2-3-5-14(12)20-19(24)21-17(22)11-27-18(23)13-6-7-15-16(10-13)26-9-8-25-15/h6-7,10,12,14H,2-5,8-9,11H2,1H3,(H2,20,21,22,24)/t12-,14+/m1/s1. The molecular formula is C19H24N2O6. The van der Waals surface area contributed by atoms with Crippen molar-refractivity contribution >= 4 is 17.9 Å². The molecular weight excluding hydrogens is 352 g/mol. The fourth-order valence-corrected chi connectivity index (χ4v) is 3.28. The zero-order valence-electron chi connectivity index (χ0n) is 15.3. The number of ether oxygens (including phenoxy) is 3. The molecule has 0 radical (unpaired) electrons. The molecule has 146 valence electrons. The molecule has 2 N–H and O–H groups in total. The third-order valence-electron chi connectivity index (χ3n) is 4.79. The first-order chi connectivity index (χ1) is 13.0. The van der Waals surface area contributed by atoms with E-state index in [4.69, 9.17) is 14.2 Å². The Morgan fingerprint density at radius 2 is 1.85 bits per heavy atom. The Balaban J connectivity index is 1.44. The second-order valence-corrected chi connectivity index (χ2v) is 6.82. The molecule has 27 heavy (non-hydrogen) atoms. The predicted octanol–water partition coefficient (Wildman–Crippen LogP) is 2.02. The first-order valence-corrected chi connectivity index (χ1v) is 9.20. The number of carbonyl (C=O) groups excluding carboxylic acids is 3. The van der Waals surface area contributed by atoms with Crippen molar-refractivity contribution in [1.29, 1.82) is 0 Å². The molecule has 1 heterocycles. The molecule has 1 aliphatic carbocycles. The predicted molar refractivity (Wildman–Crippen MR) is 95.8 cm³/mol. The Hall–Kier alpha value is -2.77. The molecule has 2 atom stereocenters. The summed E-state index contributed by atoms with van der Waals surface area (Å²) >= 11 is 0. The lowest BCUT2D eigenvalue weighted by Crippen LogP contribution is -2.48. The monoisotopic (exact) mass is 376 g/mol. The second kappa shape index (κ2) is 8.75. The van der Waals surface area contributed by atoms with Gasteiger partial charge in [0.1, 0.15) is 13.2 Å². The Labute approximate surface area is 157 Å². The van der Waals surface area contributed by atoms with Gasteiger partial charge >= 0.3 is 12.0 Å². The number of carbonyl (C=O) groups is 3. The van der Waals surface area contributed by atoms with E-state index >= 15 is 0 Å². The van der Waals surface area contributed by atoms with Crippen molar-refractivity contribution in [3.63, 3.8) is 0 Å². The average molecular weight is 376 g/mol. The number of hydrogen-bond acceptors (Lipinski definition) is 6. The highest BCUT2D eigenvalue weighted by atomic mass is 16.6. The first-order valence-electron chi connectivity index (χ1n) is 9.20. The lowest BCUT2D eigenvalue weighted by molar-refractivity contribution is -0.123. The van der Waals surface area contributed by atoms with Gasteiger partial charge in [-0.1, -0.05) is 19.8 Å². The molecule has 1 aliphatic heterocycles. The highest BCUT2D eigenvalue weighted by Crippen LogP contribution is 2.30. The van der Waals surface area contributed by atoms with Crippen molar-refractivity contribution in [2.24, 2.45) is 5.92 Å². The molecule has 0 spiro atoms. The van der Waals surface area contributed by atoms with Gasteiger partial charge in [0.2, 0.25) is 0 Å². The van der Waals surface area contributed by atoms with Gasteiger partial charge in [-0.05, 0) is 37.0 Å². The largest absolute Gasteiger partial charge is 0.486 e. The summed E-state index contributed by atoms with van der Waals surface area (Å²) in [6.07, 6.45) is 4.19. The van der Waals surface area contributed by atoms with Crippen molar-refractivity contribution in [3.8, 4) is 11.5 Å². The van der Waals surface area contributed by atoms with Crippen LogP contribution in [0.1, 0.15) is 43.0 Å². The number of fused-ring (bicyclic) bond motifs is 1. The van der Waals surface area contributed by atoms with Gasteiger partial charge in [0.25, 0.3) is 5.91 Å². The van der Waals surface area contributed by atoms with Crippen molar-refractivity contribution < 1.29 is 28.6 Å². The van der Waals surface area contributed by atoms with E-state index in [1.165, 1.54) is 12.1 Å². The SMILES string of the molecule is C[C@@H]1CCCC[C@@H]1NC(=O)NC(=O)COC(=O)c1ccc2c(c1)OCCO2. The quantitative estimate of drug-likeness (QED) is 0.780. The minimum Gasteiger partial charge on any atom is -0.486 e. The smallest absolute Gasteiger partial charge is 0.338 e. The number of esters is 1. The van der Waals surface area contributed by atoms with Crippen LogP contribution >= 0.6 is 0 Å². The second-order valence-electron chi connectivity index (χ2n) is 6.82. The van der Waals surface area contributed by atoms with E-state index in [0.29, 0.717) is 30.6 Å². The summed E-state index contributed by atoms with van der Waals surface area (Å²) in [5.41, 5.74) is 0.243. The van der Waals surface area contributed by atoms with Crippen LogP contribution in [0.5, 0.6) is 11.5 Å². The third-order valence-corrected chi connectivity index (χ3v) is 4.79. The summed E-state index contributed by atoms with van der Waals surface area (Å²) in [4.78, 5) is 35.9. The maximum absolute atomic E-state index is 12.1. The first kappa shape index (κ1) is 19.0. The van der Waals surface area contributed by atoms with Crippen molar-refractivity contribution in [3.05, 3.63) is 23.8 Å². The Bertz CT molecular complexity index is 720. The third kappa shape index (κ3) is 5.12. The van der Waals surface area contributed by atoms with Gasteiger partial charge in [0, 0.05) is 6.04 Å². The fraction of sp³-hybridized carbons (Fsp3) is 0.526. The van der Waals surface area contributed by atoms with Crippen molar-refractivity contribution in [1.82, 2.24) is 10.6 Å².